The molecule has 0 spiro atoms. The molecule has 1 N–H and O–H groups in total. The van der Waals surface area contributed by atoms with Gasteiger partial charge in [-0.2, -0.15) is 0 Å². The molecule has 1 amide bonds. The molecule has 8 heteroatoms. The van der Waals surface area contributed by atoms with E-state index < -0.39 is 29.8 Å². The Hall–Kier alpha value is -3.13. The van der Waals surface area contributed by atoms with Crippen LogP contribution < -0.4 is 5.32 Å². The molecular formula is C24H31NO7. The number of carbonyl (C=O) groups excluding carboxylic acids is 3. The Labute approximate surface area is 188 Å². The first kappa shape index (κ1) is 25.1. The molecule has 1 heterocycles. The summed E-state index contributed by atoms with van der Waals surface area (Å²) in [5, 5.41) is 2.48. The first-order valence-corrected chi connectivity index (χ1v) is 10.4. The number of carbonyl (C=O) groups is 3. The van der Waals surface area contributed by atoms with Crippen molar-refractivity contribution in [2.45, 2.75) is 51.9 Å². The minimum Gasteiger partial charge on any atom is -0.490 e. The molecule has 0 bridgehead atoms. The van der Waals surface area contributed by atoms with Gasteiger partial charge in [-0.25, -0.2) is 9.59 Å². The molecule has 1 aromatic rings. The Morgan fingerprint density at radius 2 is 1.91 bits per heavy atom. The van der Waals surface area contributed by atoms with Crippen LogP contribution in [0.5, 0.6) is 0 Å². The van der Waals surface area contributed by atoms with E-state index in [1.807, 2.05) is 30.3 Å². The summed E-state index contributed by atoms with van der Waals surface area (Å²) in [6.45, 7) is 10.5. The summed E-state index contributed by atoms with van der Waals surface area (Å²) in [4.78, 5) is 36.1. The van der Waals surface area contributed by atoms with Gasteiger partial charge in [0.1, 0.15) is 11.4 Å². The van der Waals surface area contributed by atoms with Crippen LogP contribution in [-0.4, -0.2) is 48.8 Å². The van der Waals surface area contributed by atoms with Gasteiger partial charge < -0.3 is 24.3 Å². The number of cyclic esters (lactones) is 1. The quantitative estimate of drug-likeness (QED) is 0.407. The fourth-order valence-corrected chi connectivity index (χ4v) is 3.05. The minimum atomic E-state index is -1.08. The lowest BCUT2D eigenvalue weighted by molar-refractivity contribution is -0.144. The van der Waals surface area contributed by atoms with E-state index in [0.717, 1.165) is 5.56 Å². The monoisotopic (exact) mass is 445 g/mol. The minimum absolute atomic E-state index is 0.0608. The maximum Gasteiger partial charge on any atom is 0.408 e. The summed E-state index contributed by atoms with van der Waals surface area (Å²) in [7, 11) is 0. The second-order valence-electron chi connectivity index (χ2n) is 8.54. The van der Waals surface area contributed by atoms with E-state index in [1.54, 1.807) is 20.8 Å². The summed E-state index contributed by atoms with van der Waals surface area (Å²) in [6, 6.07) is 8.62. The molecule has 1 aliphatic heterocycles. The van der Waals surface area contributed by atoms with Crippen LogP contribution in [0, 0.1) is 5.92 Å². The average Bonchev–Trinajstić information content (AvgIpc) is 2.72. The lowest BCUT2D eigenvalue weighted by Crippen LogP contribution is -2.46. The van der Waals surface area contributed by atoms with Gasteiger partial charge in [-0.15, -0.1) is 0 Å². The molecule has 0 aliphatic carbocycles. The highest BCUT2D eigenvalue weighted by molar-refractivity contribution is 5.86. The first-order valence-electron chi connectivity index (χ1n) is 10.4. The van der Waals surface area contributed by atoms with Crippen LogP contribution in [0.1, 0.15) is 33.3 Å². The second-order valence-corrected chi connectivity index (χ2v) is 8.54. The van der Waals surface area contributed by atoms with Crippen LogP contribution in [0.25, 0.3) is 0 Å². The van der Waals surface area contributed by atoms with E-state index in [0.29, 0.717) is 6.42 Å². The Morgan fingerprint density at radius 3 is 2.53 bits per heavy atom. The van der Waals surface area contributed by atoms with E-state index in [4.69, 9.17) is 18.9 Å². The van der Waals surface area contributed by atoms with Crippen molar-refractivity contribution in [2.24, 2.45) is 5.92 Å². The second kappa shape index (κ2) is 11.5. The molecule has 0 radical (unpaired) electrons. The van der Waals surface area contributed by atoms with Crippen molar-refractivity contribution < 1.29 is 33.3 Å². The maximum atomic E-state index is 12.7. The Kier molecular flexibility index (Phi) is 9.02. The third-order valence-electron chi connectivity index (χ3n) is 4.44. The highest BCUT2D eigenvalue weighted by Crippen LogP contribution is 2.24. The third-order valence-corrected chi connectivity index (χ3v) is 4.44. The normalized spacial score (nSPS) is 22.3. The van der Waals surface area contributed by atoms with Gasteiger partial charge in [-0.1, -0.05) is 36.9 Å². The van der Waals surface area contributed by atoms with Gasteiger partial charge in [-0.3, -0.25) is 4.79 Å². The fraction of sp³-hybridized carbons (Fsp3) is 0.458. The van der Waals surface area contributed by atoms with Crippen molar-refractivity contribution in [1.29, 1.82) is 0 Å². The van der Waals surface area contributed by atoms with Gasteiger partial charge in [0, 0.05) is 12.0 Å². The molecule has 32 heavy (non-hydrogen) atoms. The number of benzene rings is 1. The summed E-state index contributed by atoms with van der Waals surface area (Å²) in [6.07, 6.45) is 1.58. The zero-order valence-electron chi connectivity index (χ0n) is 19.0. The summed E-state index contributed by atoms with van der Waals surface area (Å²) in [5.74, 6) is -1.14. The molecule has 3 atom stereocenters. The molecule has 0 unspecified atom stereocenters. The maximum absolute atomic E-state index is 12.7. The van der Waals surface area contributed by atoms with Crippen molar-refractivity contribution >= 4 is 17.8 Å². The number of alkyl carbamates (subject to hydrolysis) is 1. The van der Waals surface area contributed by atoms with Crippen molar-refractivity contribution in [3.05, 3.63) is 60.6 Å². The summed E-state index contributed by atoms with van der Waals surface area (Å²) < 4.78 is 22.2. The zero-order valence-corrected chi connectivity index (χ0v) is 19.0. The van der Waals surface area contributed by atoms with Crippen LogP contribution in [0.3, 0.4) is 0 Å². The first-order chi connectivity index (χ1) is 15.0. The number of esters is 1. The van der Waals surface area contributed by atoms with Gasteiger partial charge in [-0.05, 0) is 39.7 Å². The number of hydrogen-bond donors (Lipinski definition) is 1. The molecule has 174 valence electrons. The summed E-state index contributed by atoms with van der Waals surface area (Å²) in [5.41, 5.74) is 0.312. The molecular weight excluding hydrogens is 414 g/mol. The average molecular weight is 446 g/mol. The predicted octanol–water partition coefficient (Wildman–Crippen LogP) is 3.31. The van der Waals surface area contributed by atoms with Crippen molar-refractivity contribution in [1.82, 2.24) is 5.32 Å². The van der Waals surface area contributed by atoms with Gasteiger partial charge in [0.2, 0.25) is 0 Å². The Balaban J connectivity index is 2.20. The van der Waals surface area contributed by atoms with E-state index in [2.05, 4.69) is 11.9 Å². The molecule has 1 aromatic carbocycles. The van der Waals surface area contributed by atoms with Crippen LogP contribution in [0.4, 0.5) is 4.79 Å². The van der Waals surface area contributed by atoms with Crippen LogP contribution in [0.2, 0.25) is 0 Å². The number of ether oxygens (including phenoxy) is 4. The number of nitrogens with one attached hydrogen (secondary N) is 1. The lowest BCUT2D eigenvalue weighted by atomic mass is 9.93. The Morgan fingerprint density at radius 1 is 1.22 bits per heavy atom. The smallest absolute Gasteiger partial charge is 0.408 e. The van der Waals surface area contributed by atoms with E-state index >= 15 is 0 Å². The van der Waals surface area contributed by atoms with Crippen molar-refractivity contribution in [3.63, 3.8) is 0 Å². The van der Waals surface area contributed by atoms with Crippen molar-refractivity contribution in [2.75, 3.05) is 13.2 Å². The number of ketones is 1. The Bertz CT molecular complexity index is 842. The highest BCUT2D eigenvalue weighted by atomic mass is 16.6. The van der Waals surface area contributed by atoms with Gasteiger partial charge in [0.15, 0.2) is 17.9 Å². The zero-order chi connectivity index (χ0) is 23.7. The van der Waals surface area contributed by atoms with E-state index in [-0.39, 0.29) is 30.7 Å². The molecule has 1 aliphatic rings. The topological polar surface area (TPSA) is 100 Å². The molecule has 2 rings (SSSR count). The number of rotatable bonds is 6. The molecule has 0 aromatic heterocycles. The number of allylic oxidation sites excluding steroid dienone is 1. The summed E-state index contributed by atoms with van der Waals surface area (Å²) >= 11 is 0. The molecule has 0 saturated carbocycles. The molecule has 1 saturated heterocycles. The van der Waals surface area contributed by atoms with Crippen molar-refractivity contribution in [3.8, 4) is 0 Å². The number of amides is 1. The van der Waals surface area contributed by atoms with Crippen LogP contribution >= 0.6 is 0 Å². The van der Waals surface area contributed by atoms with E-state index in [1.165, 1.54) is 19.3 Å². The van der Waals surface area contributed by atoms with Gasteiger partial charge in [0.05, 0.1) is 19.5 Å². The van der Waals surface area contributed by atoms with E-state index in [9.17, 15) is 14.4 Å². The molecule has 1 fully saturated rings. The lowest BCUT2D eigenvalue weighted by Gasteiger charge is -2.26. The molecule has 8 nitrogen and oxygen atoms in total. The largest absolute Gasteiger partial charge is 0.490 e. The third kappa shape index (κ3) is 8.55. The van der Waals surface area contributed by atoms with Gasteiger partial charge >= 0.3 is 12.1 Å². The standard InChI is InChI=1S/C24H31NO7/c1-16(26)11-12-30-21-17(2)31-22(27)20(25-23(28)32-24(3,4)5)15-29-14-19(21)13-18-9-7-6-8-10-18/h6-12,19-21H,2,13-15H2,1,3-5H3,(H,25,28)/b12-11+/t19-,20-,21-/m0/s1. The SMILES string of the molecule is C=C1OC(=O)[C@@H](NC(=O)OC(C)(C)C)COC[C@H](Cc2ccccc2)[C@H]1O/C=C/C(C)=O. The highest BCUT2D eigenvalue weighted by Gasteiger charge is 2.34. The number of hydrogen-bond acceptors (Lipinski definition) is 7. The van der Waals surface area contributed by atoms with Gasteiger partial charge in [0.25, 0.3) is 0 Å². The van der Waals surface area contributed by atoms with Crippen LogP contribution in [-0.2, 0) is 35.0 Å². The predicted molar refractivity (Wildman–Crippen MR) is 118 cm³/mol. The van der Waals surface area contributed by atoms with Crippen LogP contribution in [0.15, 0.2) is 55.0 Å². The fourth-order valence-electron chi connectivity index (χ4n) is 3.05.